The molecule has 0 unspecified atom stereocenters. The highest BCUT2D eigenvalue weighted by Gasteiger charge is 2.26. The quantitative estimate of drug-likeness (QED) is 0.726. The van der Waals surface area contributed by atoms with Gasteiger partial charge in [-0.05, 0) is 54.1 Å². The van der Waals surface area contributed by atoms with E-state index in [4.69, 9.17) is 9.47 Å². The second-order valence-corrected chi connectivity index (χ2v) is 5.25. The molecule has 0 radical (unpaired) electrons. The zero-order valence-corrected chi connectivity index (χ0v) is 11.0. The molecule has 2 aliphatic rings. The SMILES string of the molecule is Cc1c2c(c(Br)c3c1OCCC3)OCCC2. The van der Waals surface area contributed by atoms with E-state index in [-0.39, 0.29) is 0 Å². The molecule has 0 saturated heterocycles. The lowest BCUT2D eigenvalue weighted by atomic mass is 9.94. The Kier molecular flexibility index (Phi) is 2.58. The van der Waals surface area contributed by atoms with E-state index >= 15 is 0 Å². The first-order chi connectivity index (χ1) is 7.79. The van der Waals surface area contributed by atoms with Crippen LogP contribution in [0.1, 0.15) is 29.5 Å². The third-order valence-electron chi connectivity index (χ3n) is 3.44. The molecule has 1 aromatic rings. The van der Waals surface area contributed by atoms with E-state index in [0.717, 1.165) is 54.9 Å². The van der Waals surface area contributed by atoms with Crippen LogP contribution in [0.3, 0.4) is 0 Å². The van der Waals surface area contributed by atoms with E-state index in [1.165, 1.54) is 16.7 Å². The molecule has 16 heavy (non-hydrogen) atoms. The fourth-order valence-electron chi connectivity index (χ4n) is 2.62. The maximum absolute atomic E-state index is 5.82. The van der Waals surface area contributed by atoms with Crippen LogP contribution in [0.4, 0.5) is 0 Å². The van der Waals surface area contributed by atoms with E-state index in [0.29, 0.717) is 0 Å². The second kappa shape index (κ2) is 3.95. The van der Waals surface area contributed by atoms with Crippen molar-refractivity contribution in [2.24, 2.45) is 0 Å². The lowest BCUT2D eigenvalue weighted by Gasteiger charge is -2.28. The maximum atomic E-state index is 5.82. The Morgan fingerprint density at radius 2 is 1.56 bits per heavy atom. The standard InChI is InChI=1S/C13H15BrO2/c1-8-9-4-2-7-16-13(9)11(14)10-5-3-6-15-12(8)10/h2-7H2,1H3. The van der Waals surface area contributed by atoms with Gasteiger partial charge in [0.15, 0.2) is 0 Å². The van der Waals surface area contributed by atoms with Gasteiger partial charge in [-0.2, -0.15) is 0 Å². The van der Waals surface area contributed by atoms with Gasteiger partial charge in [0.2, 0.25) is 0 Å². The fourth-order valence-corrected chi connectivity index (χ4v) is 3.35. The molecule has 2 aliphatic heterocycles. The number of halogens is 1. The highest BCUT2D eigenvalue weighted by atomic mass is 79.9. The van der Waals surface area contributed by atoms with Crippen molar-refractivity contribution in [2.45, 2.75) is 32.6 Å². The van der Waals surface area contributed by atoms with Crippen molar-refractivity contribution in [3.63, 3.8) is 0 Å². The largest absolute Gasteiger partial charge is 0.493 e. The average Bonchev–Trinajstić information content (AvgIpc) is 2.36. The van der Waals surface area contributed by atoms with Crippen LogP contribution in [0.2, 0.25) is 0 Å². The molecule has 0 amide bonds. The zero-order valence-electron chi connectivity index (χ0n) is 9.44. The Bertz CT molecular complexity index is 362. The number of rotatable bonds is 0. The topological polar surface area (TPSA) is 18.5 Å². The van der Waals surface area contributed by atoms with Gasteiger partial charge in [-0.1, -0.05) is 0 Å². The average molecular weight is 283 g/mol. The van der Waals surface area contributed by atoms with E-state index in [2.05, 4.69) is 22.9 Å². The summed E-state index contributed by atoms with van der Waals surface area (Å²) >= 11 is 3.68. The molecule has 0 aliphatic carbocycles. The highest BCUT2D eigenvalue weighted by Crippen LogP contribution is 2.45. The molecule has 3 rings (SSSR count). The van der Waals surface area contributed by atoms with Gasteiger partial charge in [0.1, 0.15) is 11.5 Å². The first-order valence-corrected chi connectivity index (χ1v) is 6.67. The summed E-state index contributed by atoms with van der Waals surface area (Å²) in [5.41, 5.74) is 3.91. The Balaban J connectivity index is 2.24. The van der Waals surface area contributed by atoms with Gasteiger partial charge in [-0.25, -0.2) is 0 Å². The van der Waals surface area contributed by atoms with Gasteiger partial charge in [0.25, 0.3) is 0 Å². The third-order valence-corrected chi connectivity index (χ3v) is 4.28. The monoisotopic (exact) mass is 282 g/mol. The van der Waals surface area contributed by atoms with Gasteiger partial charge in [-0.15, -0.1) is 0 Å². The van der Waals surface area contributed by atoms with Gasteiger partial charge in [0, 0.05) is 11.1 Å². The number of hydrogen-bond acceptors (Lipinski definition) is 2. The molecule has 2 heterocycles. The summed E-state index contributed by atoms with van der Waals surface area (Å²) in [6.45, 7) is 3.84. The predicted octanol–water partition coefficient (Wildman–Crippen LogP) is 3.41. The van der Waals surface area contributed by atoms with Crippen LogP contribution in [0, 0.1) is 6.92 Å². The maximum Gasteiger partial charge on any atom is 0.137 e. The molecule has 0 bridgehead atoms. The minimum absolute atomic E-state index is 0.838. The zero-order chi connectivity index (χ0) is 11.1. The van der Waals surface area contributed by atoms with Crippen molar-refractivity contribution >= 4 is 15.9 Å². The van der Waals surface area contributed by atoms with Crippen molar-refractivity contribution in [1.29, 1.82) is 0 Å². The molecular formula is C13H15BrO2. The van der Waals surface area contributed by atoms with E-state index in [1.807, 2.05) is 0 Å². The summed E-state index contributed by atoms with van der Waals surface area (Å²) in [4.78, 5) is 0. The van der Waals surface area contributed by atoms with Crippen molar-refractivity contribution in [3.05, 3.63) is 21.2 Å². The van der Waals surface area contributed by atoms with Crippen LogP contribution in [0.15, 0.2) is 4.47 Å². The summed E-state index contributed by atoms with van der Waals surface area (Å²) in [5, 5.41) is 0. The number of hydrogen-bond donors (Lipinski definition) is 0. The second-order valence-electron chi connectivity index (χ2n) is 4.46. The molecule has 0 aromatic heterocycles. The van der Waals surface area contributed by atoms with Crippen molar-refractivity contribution in [3.8, 4) is 11.5 Å². The third kappa shape index (κ3) is 1.45. The molecule has 3 heteroatoms. The Labute approximate surface area is 104 Å². The van der Waals surface area contributed by atoms with E-state index < -0.39 is 0 Å². The first kappa shape index (κ1) is 10.5. The van der Waals surface area contributed by atoms with Crippen LogP contribution in [0.5, 0.6) is 11.5 Å². The Hall–Kier alpha value is -0.700. The van der Waals surface area contributed by atoms with E-state index in [9.17, 15) is 0 Å². The molecule has 0 N–H and O–H groups in total. The van der Waals surface area contributed by atoms with Crippen LogP contribution in [0.25, 0.3) is 0 Å². The Morgan fingerprint density at radius 3 is 2.31 bits per heavy atom. The van der Waals surface area contributed by atoms with Crippen LogP contribution in [-0.4, -0.2) is 13.2 Å². The molecular weight excluding hydrogens is 268 g/mol. The number of ether oxygens (including phenoxy) is 2. The molecule has 2 nitrogen and oxygen atoms in total. The minimum Gasteiger partial charge on any atom is -0.493 e. The van der Waals surface area contributed by atoms with Crippen molar-refractivity contribution in [2.75, 3.05) is 13.2 Å². The van der Waals surface area contributed by atoms with E-state index in [1.54, 1.807) is 0 Å². The lowest BCUT2D eigenvalue weighted by Crippen LogP contribution is -2.16. The summed E-state index contributed by atoms with van der Waals surface area (Å²) in [5.74, 6) is 2.16. The van der Waals surface area contributed by atoms with Crippen LogP contribution < -0.4 is 9.47 Å². The summed E-state index contributed by atoms with van der Waals surface area (Å²) in [7, 11) is 0. The molecule has 0 saturated carbocycles. The summed E-state index contributed by atoms with van der Waals surface area (Å²) in [6.07, 6.45) is 4.41. The molecule has 0 spiro atoms. The Morgan fingerprint density at radius 1 is 0.938 bits per heavy atom. The van der Waals surface area contributed by atoms with Crippen molar-refractivity contribution in [1.82, 2.24) is 0 Å². The fraction of sp³-hybridized carbons (Fsp3) is 0.538. The number of benzene rings is 1. The van der Waals surface area contributed by atoms with Crippen molar-refractivity contribution < 1.29 is 9.47 Å². The summed E-state index contributed by atoms with van der Waals surface area (Å²) < 4.78 is 12.7. The smallest absolute Gasteiger partial charge is 0.137 e. The van der Waals surface area contributed by atoms with Gasteiger partial charge in [-0.3, -0.25) is 0 Å². The lowest BCUT2D eigenvalue weighted by molar-refractivity contribution is 0.268. The van der Waals surface area contributed by atoms with Crippen LogP contribution in [-0.2, 0) is 12.8 Å². The highest BCUT2D eigenvalue weighted by molar-refractivity contribution is 9.10. The normalized spacial score (nSPS) is 18.1. The minimum atomic E-state index is 0.838. The molecule has 0 fully saturated rings. The first-order valence-electron chi connectivity index (χ1n) is 5.88. The molecule has 86 valence electrons. The number of fused-ring (bicyclic) bond motifs is 2. The summed E-state index contributed by atoms with van der Waals surface area (Å²) in [6, 6.07) is 0. The molecule has 0 atom stereocenters. The van der Waals surface area contributed by atoms with Crippen LogP contribution >= 0.6 is 15.9 Å². The van der Waals surface area contributed by atoms with Gasteiger partial charge >= 0.3 is 0 Å². The molecule has 1 aromatic carbocycles. The predicted molar refractivity (Wildman–Crippen MR) is 66.5 cm³/mol. The van der Waals surface area contributed by atoms with Gasteiger partial charge in [0.05, 0.1) is 17.7 Å². The van der Waals surface area contributed by atoms with Gasteiger partial charge < -0.3 is 9.47 Å².